The second-order valence-electron chi connectivity index (χ2n) is 7.78. The molecule has 1 heterocycles. The first-order valence-electron chi connectivity index (χ1n) is 10.7. The summed E-state index contributed by atoms with van der Waals surface area (Å²) in [4.78, 5) is 38.0. The number of hydrogen-bond donors (Lipinski definition) is 1. The van der Waals surface area contributed by atoms with Crippen LogP contribution in [0.4, 0.5) is 0 Å². The Hall–Kier alpha value is -4.19. The van der Waals surface area contributed by atoms with Gasteiger partial charge in [0.15, 0.2) is 6.61 Å². The number of hydrogen-bond acceptors (Lipinski definition) is 4. The maximum atomic E-state index is 13.0. The first-order valence-corrected chi connectivity index (χ1v) is 10.7. The second-order valence-corrected chi connectivity index (χ2v) is 7.78. The van der Waals surface area contributed by atoms with Crippen LogP contribution in [0.3, 0.4) is 0 Å². The van der Waals surface area contributed by atoms with Crippen molar-refractivity contribution in [3.05, 3.63) is 118 Å². The molecule has 0 saturated heterocycles. The molecule has 6 heteroatoms. The SMILES string of the molecule is C[C@H](NC(=O)COC(=O)c1cn(Cc2ccccc2)c2ccccc2c1=O)c1ccccc1. The largest absolute Gasteiger partial charge is 0.452 e. The molecule has 0 aliphatic heterocycles. The van der Waals surface area contributed by atoms with E-state index in [2.05, 4.69) is 5.32 Å². The molecular formula is C27H24N2O4. The highest BCUT2D eigenvalue weighted by molar-refractivity contribution is 5.95. The van der Waals surface area contributed by atoms with Gasteiger partial charge < -0.3 is 14.6 Å². The fraction of sp³-hybridized carbons (Fsp3) is 0.148. The molecule has 6 nitrogen and oxygen atoms in total. The number of benzene rings is 3. The van der Waals surface area contributed by atoms with Crippen LogP contribution in [-0.2, 0) is 16.1 Å². The molecule has 33 heavy (non-hydrogen) atoms. The molecule has 1 N–H and O–H groups in total. The van der Waals surface area contributed by atoms with Gasteiger partial charge in [-0.25, -0.2) is 4.79 Å². The number of fused-ring (bicyclic) bond motifs is 1. The zero-order valence-electron chi connectivity index (χ0n) is 18.2. The summed E-state index contributed by atoms with van der Waals surface area (Å²) < 4.78 is 7.04. The van der Waals surface area contributed by atoms with Crippen molar-refractivity contribution in [1.82, 2.24) is 9.88 Å². The van der Waals surface area contributed by atoms with E-state index in [4.69, 9.17) is 4.74 Å². The number of pyridine rings is 1. The number of ether oxygens (including phenoxy) is 1. The van der Waals surface area contributed by atoms with Gasteiger partial charge in [-0.1, -0.05) is 72.8 Å². The summed E-state index contributed by atoms with van der Waals surface area (Å²) in [6.45, 7) is 1.86. The quantitative estimate of drug-likeness (QED) is 0.439. The number of carbonyl (C=O) groups is 2. The van der Waals surface area contributed by atoms with Gasteiger partial charge in [-0.3, -0.25) is 9.59 Å². The predicted molar refractivity (Wildman–Crippen MR) is 127 cm³/mol. The Morgan fingerprint density at radius 1 is 0.909 bits per heavy atom. The zero-order valence-corrected chi connectivity index (χ0v) is 18.2. The highest BCUT2D eigenvalue weighted by Gasteiger charge is 2.19. The number of carbonyl (C=O) groups excluding carboxylic acids is 2. The molecule has 0 aliphatic rings. The molecule has 1 atom stereocenters. The molecule has 1 aromatic heterocycles. The fourth-order valence-corrected chi connectivity index (χ4v) is 3.72. The summed E-state index contributed by atoms with van der Waals surface area (Å²) in [5.74, 6) is -1.26. The van der Waals surface area contributed by atoms with Gasteiger partial charge in [0.25, 0.3) is 5.91 Å². The van der Waals surface area contributed by atoms with Crippen LogP contribution in [0, 0.1) is 0 Å². The summed E-state index contributed by atoms with van der Waals surface area (Å²) in [5, 5.41) is 3.21. The van der Waals surface area contributed by atoms with E-state index in [1.54, 1.807) is 12.1 Å². The van der Waals surface area contributed by atoms with E-state index in [0.29, 0.717) is 11.9 Å². The lowest BCUT2D eigenvalue weighted by atomic mass is 10.1. The summed E-state index contributed by atoms with van der Waals surface area (Å²) in [6, 6.07) is 26.1. The molecule has 4 rings (SSSR count). The van der Waals surface area contributed by atoms with E-state index in [0.717, 1.165) is 16.6 Å². The number of nitrogens with one attached hydrogen (secondary N) is 1. The number of aromatic nitrogens is 1. The minimum Gasteiger partial charge on any atom is -0.452 e. The van der Waals surface area contributed by atoms with Crippen molar-refractivity contribution in [3.8, 4) is 0 Å². The van der Waals surface area contributed by atoms with Gasteiger partial charge in [0.2, 0.25) is 5.43 Å². The van der Waals surface area contributed by atoms with E-state index in [1.807, 2.05) is 84.3 Å². The molecule has 0 aliphatic carbocycles. The Morgan fingerprint density at radius 2 is 1.55 bits per heavy atom. The lowest BCUT2D eigenvalue weighted by Gasteiger charge is -2.15. The number of rotatable bonds is 7. The van der Waals surface area contributed by atoms with Gasteiger partial charge in [0, 0.05) is 18.1 Å². The van der Waals surface area contributed by atoms with Crippen molar-refractivity contribution in [3.63, 3.8) is 0 Å². The lowest BCUT2D eigenvalue weighted by Crippen LogP contribution is -2.32. The standard InChI is InChI=1S/C27H24N2O4/c1-19(21-12-6-3-7-13-21)28-25(30)18-33-27(32)23-17-29(16-20-10-4-2-5-11-20)24-15-9-8-14-22(24)26(23)31/h2-15,17,19H,16,18H2,1H3,(H,28,30)/t19-/m0/s1. The molecule has 0 saturated carbocycles. The van der Waals surface area contributed by atoms with Crippen LogP contribution in [0.1, 0.15) is 34.5 Å². The molecule has 4 aromatic rings. The molecule has 0 radical (unpaired) electrons. The van der Waals surface area contributed by atoms with Crippen LogP contribution in [0.15, 0.2) is 95.9 Å². The first kappa shape index (κ1) is 22.0. The minimum atomic E-state index is -0.824. The molecule has 1 amide bonds. The Balaban J connectivity index is 1.52. The Bertz CT molecular complexity index is 1330. The number of amides is 1. The number of esters is 1. The van der Waals surface area contributed by atoms with Gasteiger partial charge in [-0.05, 0) is 30.2 Å². The van der Waals surface area contributed by atoms with Gasteiger partial charge in [-0.15, -0.1) is 0 Å². The Morgan fingerprint density at radius 3 is 2.27 bits per heavy atom. The Kier molecular flexibility index (Phi) is 6.64. The Labute approximate surface area is 191 Å². The van der Waals surface area contributed by atoms with Crippen molar-refractivity contribution >= 4 is 22.8 Å². The minimum absolute atomic E-state index is 0.103. The van der Waals surface area contributed by atoms with E-state index in [9.17, 15) is 14.4 Å². The normalized spacial score (nSPS) is 11.7. The predicted octanol–water partition coefficient (Wildman–Crippen LogP) is 4.08. The molecule has 0 unspecified atom stereocenters. The second kappa shape index (κ2) is 9.96. The summed E-state index contributed by atoms with van der Waals surface area (Å²) in [7, 11) is 0. The molecule has 0 bridgehead atoms. The summed E-state index contributed by atoms with van der Waals surface area (Å²) in [6.07, 6.45) is 1.50. The van der Waals surface area contributed by atoms with Crippen LogP contribution in [0.25, 0.3) is 10.9 Å². The van der Waals surface area contributed by atoms with Gasteiger partial charge in [-0.2, -0.15) is 0 Å². The monoisotopic (exact) mass is 440 g/mol. The molecule has 0 fully saturated rings. The first-order chi connectivity index (χ1) is 16.0. The lowest BCUT2D eigenvalue weighted by molar-refractivity contribution is -0.124. The van der Waals surface area contributed by atoms with E-state index in [-0.39, 0.29) is 11.6 Å². The smallest absolute Gasteiger partial charge is 0.344 e. The molecule has 0 spiro atoms. The van der Waals surface area contributed by atoms with Crippen LogP contribution >= 0.6 is 0 Å². The number of nitrogens with zero attached hydrogens (tertiary/aromatic N) is 1. The van der Waals surface area contributed by atoms with Crippen molar-refractivity contribution in [2.75, 3.05) is 6.61 Å². The highest BCUT2D eigenvalue weighted by Crippen LogP contribution is 2.15. The maximum absolute atomic E-state index is 13.0. The third-order valence-corrected chi connectivity index (χ3v) is 5.41. The molecule has 166 valence electrons. The van der Waals surface area contributed by atoms with Gasteiger partial charge in [0.05, 0.1) is 11.6 Å². The van der Waals surface area contributed by atoms with Crippen LogP contribution in [0.5, 0.6) is 0 Å². The average Bonchev–Trinajstić information content (AvgIpc) is 2.85. The van der Waals surface area contributed by atoms with Gasteiger partial charge in [0.1, 0.15) is 5.56 Å². The third kappa shape index (κ3) is 5.18. The van der Waals surface area contributed by atoms with Gasteiger partial charge >= 0.3 is 5.97 Å². The third-order valence-electron chi connectivity index (χ3n) is 5.41. The van der Waals surface area contributed by atoms with Crippen molar-refractivity contribution in [1.29, 1.82) is 0 Å². The number of para-hydroxylation sites is 1. The molecule has 3 aromatic carbocycles. The van der Waals surface area contributed by atoms with Crippen LogP contribution < -0.4 is 10.7 Å². The van der Waals surface area contributed by atoms with E-state index < -0.39 is 23.9 Å². The van der Waals surface area contributed by atoms with Crippen molar-refractivity contribution in [2.45, 2.75) is 19.5 Å². The molecular weight excluding hydrogens is 416 g/mol. The summed E-state index contributed by atoms with van der Waals surface area (Å²) >= 11 is 0. The van der Waals surface area contributed by atoms with E-state index >= 15 is 0 Å². The van der Waals surface area contributed by atoms with Crippen molar-refractivity contribution < 1.29 is 14.3 Å². The fourth-order valence-electron chi connectivity index (χ4n) is 3.72. The van der Waals surface area contributed by atoms with Crippen LogP contribution in [0.2, 0.25) is 0 Å². The van der Waals surface area contributed by atoms with Crippen molar-refractivity contribution in [2.24, 2.45) is 0 Å². The average molecular weight is 440 g/mol. The maximum Gasteiger partial charge on any atom is 0.344 e. The zero-order chi connectivity index (χ0) is 23.2. The summed E-state index contributed by atoms with van der Waals surface area (Å²) in [5.41, 5.74) is 2.17. The highest BCUT2D eigenvalue weighted by atomic mass is 16.5. The van der Waals surface area contributed by atoms with E-state index in [1.165, 1.54) is 6.20 Å². The topological polar surface area (TPSA) is 77.4 Å². The van der Waals surface area contributed by atoms with Crippen LogP contribution in [-0.4, -0.2) is 23.1 Å².